The summed E-state index contributed by atoms with van der Waals surface area (Å²) in [6.45, 7) is 2.03. The minimum atomic E-state index is -4.52. The van der Waals surface area contributed by atoms with Gasteiger partial charge in [-0.2, -0.15) is 13.2 Å². The number of thioether (sulfide) groups is 1. The molecular formula is C21H19ClF3N3O3S. The Morgan fingerprint density at radius 2 is 2.03 bits per heavy atom. The molecular weight excluding hydrogens is 467 g/mol. The third-order valence-electron chi connectivity index (χ3n) is 4.51. The van der Waals surface area contributed by atoms with Gasteiger partial charge in [0.25, 0.3) is 5.56 Å². The second-order valence-electron chi connectivity index (χ2n) is 6.83. The number of fused-ring (bicyclic) bond motifs is 1. The van der Waals surface area contributed by atoms with Gasteiger partial charge in [-0.3, -0.25) is 14.2 Å². The molecule has 0 radical (unpaired) electrons. The summed E-state index contributed by atoms with van der Waals surface area (Å²) in [4.78, 5) is 30.1. The summed E-state index contributed by atoms with van der Waals surface area (Å²) in [5, 5.41) is 2.77. The second kappa shape index (κ2) is 9.93. The lowest BCUT2D eigenvalue weighted by molar-refractivity contribution is -0.137. The highest BCUT2D eigenvalue weighted by molar-refractivity contribution is 8.00. The Balaban J connectivity index is 1.87. The number of hydrogen-bond acceptors (Lipinski definition) is 5. The van der Waals surface area contributed by atoms with Gasteiger partial charge < -0.3 is 10.1 Å². The maximum absolute atomic E-state index is 12.9. The van der Waals surface area contributed by atoms with Gasteiger partial charge in [0, 0.05) is 17.8 Å². The molecule has 1 atom stereocenters. The number of aromatic nitrogens is 2. The van der Waals surface area contributed by atoms with Crippen molar-refractivity contribution in [2.45, 2.75) is 30.1 Å². The lowest BCUT2D eigenvalue weighted by Gasteiger charge is -2.17. The van der Waals surface area contributed by atoms with Crippen LogP contribution in [0.25, 0.3) is 10.9 Å². The Hall–Kier alpha value is -2.56. The van der Waals surface area contributed by atoms with E-state index in [4.69, 9.17) is 16.3 Å². The molecule has 1 unspecified atom stereocenters. The minimum absolute atomic E-state index is 0.0206. The van der Waals surface area contributed by atoms with E-state index in [1.165, 1.54) is 23.8 Å². The topological polar surface area (TPSA) is 73.2 Å². The molecule has 0 spiro atoms. The van der Waals surface area contributed by atoms with Crippen LogP contribution >= 0.6 is 23.4 Å². The SMILES string of the molecule is COCCn1c(SC(C)C(=O)Nc2cccc(C(F)(F)F)c2)nc2cc(Cl)ccc2c1=O. The predicted octanol–water partition coefficient (Wildman–Crippen LogP) is 4.83. The first-order valence-electron chi connectivity index (χ1n) is 9.44. The minimum Gasteiger partial charge on any atom is -0.383 e. The average molecular weight is 486 g/mol. The van der Waals surface area contributed by atoms with Crippen molar-refractivity contribution in [3.8, 4) is 0 Å². The number of benzene rings is 2. The first-order valence-corrected chi connectivity index (χ1v) is 10.7. The third-order valence-corrected chi connectivity index (χ3v) is 5.84. The standard InChI is InChI=1S/C21H19ClF3N3O3S/c1-12(18(29)26-15-5-3-4-13(10-15)21(23,24)25)32-20-27-17-11-14(22)6-7-16(17)19(30)28(20)8-9-31-2/h3-7,10-12H,8-9H2,1-2H3,(H,26,29). The molecule has 1 heterocycles. The number of carbonyl (C=O) groups excluding carboxylic acids is 1. The fraction of sp³-hybridized carbons (Fsp3) is 0.286. The van der Waals surface area contributed by atoms with Crippen LogP contribution in [0.3, 0.4) is 0 Å². The van der Waals surface area contributed by atoms with Gasteiger partial charge in [0.2, 0.25) is 5.91 Å². The lowest BCUT2D eigenvalue weighted by Crippen LogP contribution is -2.28. The van der Waals surface area contributed by atoms with Crippen LogP contribution in [0, 0.1) is 0 Å². The number of methoxy groups -OCH3 is 1. The molecule has 1 aromatic heterocycles. The van der Waals surface area contributed by atoms with Crippen molar-refractivity contribution in [2.75, 3.05) is 19.0 Å². The number of halogens is 4. The van der Waals surface area contributed by atoms with E-state index in [9.17, 15) is 22.8 Å². The quantitative estimate of drug-likeness (QED) is 0.383. The number of hydrogen-bond donors (Lipinski definition) is 1. The van der Waals surface area contributed by atoms with E-state index in [-0.39, 0.29) is 29.6 Å². The van der Waals surface area contributed by atoms with Crippen LogP contribution in [0.4, 0.5) is 18.9 Å². The molecule has 0 saturated carbocycles. The number of nitrogens with zero attached hydrogens (tertiary/aromatic N) is 2. The van der Waals surface area contributed by atoms with Crippen molar-refractivity contribution < 1.29 is 22.7 Å². The van der Waals surface area contributed by atoms with Crippen molar-refractivity contribution in [1.29, 1.82) is 0 Å². The van der Waals surface area contributed by atoms with Gasteiger partial charge in [0.1, 0.15) is 0 Å². The first-order chi connectivity index (χ1) is 15.1. The van der Waals surface area contributed by atoms with Gasteiger partial charge in [-0.1, -0.05) is 29.4 Å². The zero-order chi connectivity index (χ0) is 23.5. The zero-order valence-corrected chi connectivity index (χ0v) is 18.6. The number of anilines is 1. The van der Waals surface area contributed by atoms with Crippen LogP contribution in [0.2, 0.25) is 5.02 Å². The predicted molar refractivity (Wildman–Crippen MR) is 118 cm³/mol. The van der Waals surface area contributed by atoms with Gasteiger partial charge in [0.05, 0.1) is 34.9 Å². The van der Waals surface area contributed by atoms with E-state index in [1.807, 2.05) is 0 Å². The summed E-state index contributed by atoms with van der Waals surface area (Å²) in [6.07, 6.45) is -4.52. The van der Waals surface area contributed by atoms with E-state index in [2.05, 4.69) is 10.3 Å². The largest absolute Gasteiger partial charge is 0.416 e. The highest BCUT2D eigenvalue weighted by atomic mass is 35.5. The number of rotatable bonds is 7. The molecule has 170 valence electrons. The smallest absolute Gasteiger partial charge is 0.383 e. The van der Waals surface area contributed by atoms with Crippen molar-refractivity contribution in [3.63, 3.8) is 0 Å². The van der Waals surface area contributed by atoms with Crippen LogP contribution in [0.5, 0.6) is 0 Å². The number of nitrogens with one attached hydrogen (secondary N) is 1. The van der Waals surface area contributed by atoms with E-state index >= 15 is 0 Å². The molecule has 32 heavy (non-hydrogen) atoms. The molecule has 1 amide bonds. The van der Waals surface area contributed by atoms with Crippen LogP contribution in [0.15, 0.2) is 52.4 Å². The Kier molecular flexibility index (Phi) is 7.47. The zero-order valence-electron chi connectivity index (χ0n) is 17.1. The maximum atomic E-state index is 12.9. The molecule has 11 heteroatoms. The second-order valence-corrected chi connectivity index (χ2v) is 8.58. The summed E-state index contributed by atoms with van der Waals surface area (Å²) in [5.41, 5.74) is -0.773. The van der Waals surface area contributed by atoms with Crippen LogP contribution in [-0.4, -0.2) is 34.4 Å². The van der Waals surface area contributed by atoms with E-state index < -0.39 is 22.9 Å². The molecule has 0 saturated heterocycles. The van der Waals surface area contributed by atoms with Crippen LogP contribution in [-0.2, 0) is 22.3 Å². The molecule has 0 aliphatic rings. The number of carbonyl (C=O) groups is 1. The molecule has 0 aliphatic heterocycles. The Labute approximate surface area is 190 Å². The van der Waals surface area contributed by atoms with E-state index in [0.717, 1.165) is 23.9 Å². The fourth-order valence-electron chi connectivity index (χ4n) is 2.87. The number of alkyl halides is 3. The van der Waals surface area contributed by atoms with Crippen molar-refractivity contribution in [2.24, 2.45) is 0 Å². The molecule has 1 N–H and O–H groups in total. The Morgan fingerprint density at radius 1 is 1.28 bits per heavy atom. The fourth-order valence-corrected chi connectivity index (χ4v) is 3.97. The molecule has 0 fully saturated rings. The summed E-state index contributed by atoms with van der Waals surface area (Å²) in [6, 6.07) is 9.09. The molecule has 6 nitrogen and oxygen atoms in total. The highest BCUT2D eigenvalue weighted by Crippen LogP contribution is 2.31. The van der Waals surface area contributed by atoms with Crippen molar-refractivity contribution in [1.82, 2.24) is 9.55 Å². The van der Waals surface area contributed by atoms with Crippen molar-refractivity contribution >= 4 is 45.9 Å². The average Bonchev–Trinajstić information content (AvgIpc) is 2.73. The third kappa shape index (κ3) is 5.62. The van der Waals surface area contributed by atoms with Crippen LogP contribution in [0.1, 0.15) is 12.5 Å². The molecule has 0 bridgehead atoms. The van der Waals surface area contributed by atoms with Gasteiger partial charge >= 0.3 is 6.18 Å². The summed E-state index contributed by atoms with van der Waals surface area (Å²) in [5.74, 6) is -0.534. The lowest BCUT2D eigenvalue weighted by atomic mass is 10.2. The van der Waals surface area contributed by atoms with Gasteiger partial charge in [-0.25, -0.2) is 4.98 Å². The van der Waals surface area contributed by atoms with Gasteiger partial charge in [0.15, 0.2) is 5.16 Å². The van der Waals surface area contributed by atoms with Gasteiger partial charge in [-0.05, 0) is 43.3 Å². The highest BCUT2D eigenvalue weighted by Gasteiger charge is 2.30. The summed E-state index contributed by atoms with van der Waals surface area (Å²) >= 11 is 7.03. The van der Waals surface area contributed by atoms with E-state index in [0.29, 0.717) is 15.9 Å². The van der Waals surface area contributed by atoms with Gasteiger partial charge in [-0.15, -0.1) is 0 Å². The molecule has 2 aromatic carbocycles. The van der Waals surface area contributed by atoms with E-state index in [1.54, 1.807) is 25.1 Å². The van der Waals surface area contributed by atoms with Crippen LogP contribution < -0.4 is 10.9 Å². The molecule has 3 aromatic rings. The Bertz CT molecular complexity index is 1200. The normalized spacial score (nSPS) is 12.7. The Morgan fingerprint density at radius 3 is 2.72 bits per heavy atom. The maximum Gasteiger partial charge on any atom is 0.416 e. The summed E-state index contributed by atoms with van der Waals surface area (Å²) < 4.78 is 45.2. The first kappa shape index (κ1) is 24.1. The van der Waals surface area contributed by atoms with Crippen molar-refractivity contribution in [3.05, 3.63) is 63.4 Å². The number of ether oxygens (including phenoxy) is 1. The molecule has 3 rings (SSSR count). The monoisotopic (exact) mass is 485 g/mol. The summed E-state index contributed by atoms with van der Waals surface area (Å²) in [7, 11) is 1.50. The molecule has 0 aliphatic carbocycles. The number of amides is 1.